The Morgan fingerprint density at radius 1 is 1.05 bits per heavy atom. The summed E-state index contributed by atoms with van der Waals surface area (Å²) in [5.74, 6) is -0.524. The van der Waals surface area contributed by atoms with Gasteiger partial charge in [0.05, 0.1) is 4.90 Å². The highest BCUT2D eigenvalue weighted by atomic mass is 35.5. The maximum Gasteiger partial charge on any atom is 0.251 e. The zero-order chi connectivity index (χ0) is 26.3. The molecule has 0 spiro atoms. The highest BCUT2D eigenvalue weighted by Gasteiger charge is 2.36. The molecule has 0 aliphatic carbocycles. The van der Waals surface area contributed by atoms with E-state index < -0.39 is 16.1 Å². The smallest absolute Gasteiger partial charge is 0.251 e. The predicted octanol–water partition coefficient (Wildman–Crippen LogP) is 3.57. The number of nitrogens with one attached hydrogen (secondary N) is 2. The number of halogens is 1. The molecule has 1 aliphatic heterocycles. The molecule has 4 rings (SSSR count). The van der Waals surface area contributed by atoms with Crippen molar-refractivity contribution < 1.29 is 18.0 Å². The molecule has 2 heterocycles. The number of sulfonamides is 1. The second-order valence-corrected chi connectivity index (χ2v) is 11.2. The van der Waals surface area contributed by atoms with Gasteiger partial charge in [0.2, 0.25) is 15.9 Å². The van der Waals surface area contributed by atoms with E-state index in [4.69, 9.17) is 11.6 Å². The molecule has 1 atom stereocenters. The number of hydrogen-bond acceptors (Lipinski definition) is 5. The lowest BCUT2D eigenvalue weighted by molar-refractivity contribution is -0.124. The average molecular weight is 541 g/mol. The van der Waals surface area contributed by atoms with Crippen LogP contribution in [-0.2, 0) is 27.8 Å². The Hall–Kier alpha value is -3.27. The predicted molar refractivity (Wildman–Crippen MR) is 142 cm³/mol. The number of rotatable bonds is 9. The highest BCUT2D eigenvalue weighted by molar-refractivity contribution is 7.89. The SMILES string of the molecule is O=C(NCCc1cccnc1)c1ccc(CN([C@@H]2CCCCNC2=O)S(=O)(=O)c2ccc(Cl)cc2)cc1. The Morgan fingerprint density at radius 3 is 2.51 bits per heavy atom. The maximum atomic E-state index is 13.6. The molecular weight excluding hydrogens is 512 g/mol. The molecule has 0 radical (unpaired) electrons. The number of benzene rings is 2. The van der Waals surface area contributed by atoms with Crippen molar-refractivity contribution in [3.63, 3.8) is 0 Å². The van der Waals surface area contributed by atoms with Crippen LogP contribution in [0.2, 0.25) is 5.02 Å². The van der Waals surface area contributed by atoms with Crippen molar-refractivity contribution >= 4 is 33.4 Å². The Morgan fingerprint density at radius 2 is 1.81 bits per heavy atom. The van der Waals surface area contributed by atoms with Crippen LogP contribution in [0, 0.1) is 0 Å². The standard InChI is InChI=1S/C27H29ClN4O4S/c28-23-10-12-24(13-11-23)37(35,36)32(25-5-1-2-16-30-27(25)34)19-21-6-8-22(9-7-21)26(33)31-17-14-20-4-3-15-29-18-20/h3-4,6-13,15,18,25H,1-2,5,14,16-17,19H2,(H,30,34)(H,31,33)/t25-/m1/s1. The number of nitrogens with zero attached hydrogens (tertiary/aromatic N) is 2. The molecule has 2 amide bonds. The molecule has 37 heavy (non-hydrogen) atoms. The topological polar surface area (TPSA) is 108 Å². The summed E-state index contributed by atoms with van der Waals surface area (Å²) < 4.78 is 28.5. The highest BCUT2D eigenvalue weighted by Crippen LogP contribution is 2.26. The molecular formula is C27H29ClN4O4S. The van der Waals surface area contributed by atoms with Crippen LogP contribution in [0.1, 0.15) is 40.7 Å². The summed E-state index contributed by atoms with van der Waals surface area (Å²) in [5, 5.41) is 6.13. The van der Waals surface area contributed by atoms with E-state index in [1.54, 1.807) is 36.7 Å². The number of hydrogen-bond donors (Lipinski definition) is 2. The normalized spacial score (nSPS) is 16.2. The second kappa shape index (κ2) is 12.3. The van der Waals surface area contributed by atoms with E-state index in [0.29, 0.717) is 42.1 Å². The first-order valence-corrected chi connectivity index (χ1v) is 14.0. The monoisotopic (exact) mass is 540 g/mol. The van der Waals surface area contributed by atoms with Gasteiger partial charge in [0.15, 0.2) is 0 Å². The minimum Gasteiger partial charge on any atom is -0.355 e. The lowest BCUT2D eigenvalue weighted by Crippen LogP contribution is -2.48. The van der Waals surface area contributed by atoms with Crippen LogP contribution < -0.4 is 10.6 Å². The van der Waals surface area contributed by atoms with Crippen molar-refractivity contribution in [1.29, 1.82) is 0 Å². The first kappa shape index (κ1) is 26.8. The van der Waals surface area contributed by atoms with Gasteiger partial charge in [-0.25, -0.2) is 8.42 Å². The van der Waals surface area contributed by atoms with Gasteiger partial charge in [-0.05, 0) is 79.3 Å². The molecule has 0 unspecified atom stereocenters. The summed E-state index contributed by atoms with van der Waals surface area (Å²) in [7, 11) is -4.00. The van der Waals surface area contributed by atoms with E-state index in [9.17, 15) is 18.0 Å². The van der Waals surface area contributed by atoms with Crippen LogP contribution >= 0.6 is 11.6 Å². The van der Waals surface area contributed by atoms with Gasteiger partial charge in [-0.3, -0.25) is 14.6 Å². The van der Waals surface area contributed by atoms with E-state index in [1.165, 1.54) is 28.6 Å². The summed E-state index contributed by atoms with van der Waals surface area (Å²) in [4.78, 5) is 29.5. The van der Waals surface area contributed by atoms with Gasteiger partial charge in [-0.1, -0.05) is 29.8 Å². The zero-order valence-electron chi connectivity index (χ0n) is 20.3. The Kier molecular flexibility index (Phi) is 8.91. The van der Waals surface area contributed by atoms with Gasteiger partial charge in [0, 0.05) is 42.6 Å². The van der Waals surface area contributed by atoms with Crippen LogP contribution in [0.5, 0.6) is 0 Å². The molecule has 1 aromatic heterocycles. The number of pyridine rings is 1. The second-order valence-electron chi connectivity index (χ2n) is 8.87. The van der Waals surface area contributed by atoms with Crippen molar-refractivity contribution in [1.82, 2.24) is 19.9 Å². The fourth-order valence-electron chi connectivity index (χ4n) is 4.21. The first-order valence-electron chi connectivity index (χ1n) is 12.2. The minimum atomic E-state index is -4.00. The Labute approximate surface area is 222 Å². The summed E-state index contributed by atoms with van der Waals surface area (Å²) in [6, 6.07) is 15.6. The molecule has 1 fully saturated rings. The van der Waals surface area contributed by atoms with Gasteiger partial charge >= 0.3 is 0 Å². The number of carbonyl (C=O) groups excluding carboxylic acids is 2. The van der Waals surface area contributed by atoms with Crippen LogP contribution in [0.3, 0.4) is 0 Å². The van der Waals surface area contributed by atoms with E-state index in [-0.39, 0.29) is 23.3 Å². The molecule has 2 aromatic carbocycles. The van der Waals surface area contributed by atoms with Crippen LogP contribution in [0.15, 0.2) is 78.0 Å². The number of aromatic nitrogens is 1. The van der Waals surface area contributed by atoms with Gasteiger partial charge in [0.25, 0.3) is 5.91 Å². The van der Waals surface area contributed by atoms with Gasteiger partial charge < -0.3 is 10.6 Å². The van der Waals surface area contributed by atoms with Gasteiger partial charge in [-0.15, -0.1) is 0 Å². The first-order chi connectivity index (χ1) is 17.8. The zero-order valence-corrected chi connectivity index (χ0v) is 21.8. The molecule has 2 N–H and O–H groups in total. The summed E-state index contributed by atoms with van der Waals surface area (Å²) in [6.45, 7) is 0.983. The van der Waals surface area contributed by atoms with E-state index in [1.807, 2.05) is 12.1 Å². The van der Waals surface area contributed by atoms with Crippen LogP contribution in [0.25, 0.3) is 0 Å². The average Bonchev–Trinajstić information content (AvgIpc) is 3.12. The lowest BCUT2D eigenvalue weighted by Gasteiger charge is -2.29. The van der Waals surface area contributed by atoms with Crippen molar-refractivity contribution in [3.8, 4) is 0 Å². The third-order valence-electron chi connectivity index (χ3n) is 6.25. The maximum absolute atomic E-state index is 13.6. The quantitative estimate of drug-likeness (QED) is 0.431. The summed E-state index contributed by atoms with van der Waals surface area (Å²) in [6.07, 6.45) is 6.08. The van der Waals surface area contributed by atoms with Crippen molar-refractivity contribution in [2.45, 2.75) is 43.2 Å². The molecule has 1 saturated heterocycles. The van der Waals surface area contributed by atoms with Crippen molar-refractivity contribution in [3.05, 3.63) is 94.8 Å². The number of amides is 2. The third-order valence-corrected chi connectivity index (χ3v) is 8.37. The molecule has 0 saturated carbocycles. The van der Waals surface area contributed by atoms with Crippen LogP contribution in [0.4, 0.5) is 0 Å². The van der Waals surface area contributed by atoms with Crippen molar-refractivity contribution in [2.24, 2.45) is 0 Å². The molecule has 8 nitrogen and oxygen atoms in total. The third kappa shape index (κ3) is 6.94. The van der Waals surface area contributed by atoms with Gasteiger partial charge in [0.1, 0.15) is 6.04 Å². The van der Waals surface area contributed by atoms with E-state index in [2.05, 4.69) is 15.6 Å². The fraction of sp³-hybridized carbons (Fsp3) is 0.296. The summed E-state index contributed by atoms with van der Waals surface area (Å²) in [5.41, 5.74) is 2.17. The van der Waals surface area contributed by atoms with Crippen LogP contribution in [-0.4, -0.2) is 48.7 Å². The lowest BCUT2D eigenvalue weighted by atomic mass is 10.1. The van der Waals surface area contributed by atoms with Crippen molar-refractivity contribution in [2.75, 3.05) is 13.1 Å². The minimum absolute atomic E-state index is 0.00798. The largest absolute Gasteiger partial charge is 0.355 e. The van der Waals surface area contributed by atoms with E-state index >= 15 is 0 Å². The molecule has 0 bridgehead atoms. The molecule has 194 valence electrons. The molecule has 3 aromatic rings. The van der Waals surface area contributed by atoms with Gasteiger partial charge in [-0.2, -0.15) is 4.31 Å². The molecule has 1 aliphatic rings. The Balaban J connectivity index is 1.50. The Bertz CT molecular complexity index is 1320. The summed E-state index contributed by atoms with van der Waals surface area (Å²) >= 11 is 5.96. The van der Waals surface area contributed by atoms with E-state index in [0.717, 1.165) is 18.4 Å². The molecule has 10 heteroatoms. The fourth-order valence-corrected chi connectivity index (χ4v) is 5.94. The number of carbonyl (C=O) groups is 2.